The molecule has 1 heterocycles. The molecule has 0 aromatic heterocycles. The normalized spacial score (nSPS) is 17.7. The van der Waals surface area contributed by atoms with Crippen molar-refractivity contribution in [2.24, 2.45) is 11.7 Å². The van der Waals surface area contributed by atoms with Gasteiger partial charge in [0.05, 0.1) is 13.1 Å². The highest BCUT2D eigenvalue weighted by Crippen LogP contribution is 2.22. The van der Waals surface area contributed by atoms with Crippen LogP contribution in [0.15, 0.2) is 0 Å². The molecule has 96 valence electrons. The quantitative estimate of drug-likeness (QED) is 0.812. The Morgan fingerprint density at radius 1 is 1.44 bits per heavy atom. The predicted octanol–water partition coefficient (Wildman–Crippen LogP) is 1.26. The van der Waals surface area contributed by atoms with E-state index >= 15 is 0 Å². The zero-order valence-corrected chi connectivity index (χ0v) is 10.5. The first-order valence-corrected chi connectivity index (χ1v) is 6.14. The van der Waals surface area contributed by atoms with Crippen molar-refractivity contribution in [1.82, 2.24) is 5.32 Å². The van der Waals surface area contributed by atoms with Crippen LogP contribution in [0.25, 0.3) is 0 Å². The average molecular weight is 275 g/mol. The third kappa shape index (κ3) is 5.32. The fourth-order valence-corrected chi connectivity index (χ4v) is 2.50. The zero-order valence-electron chi connectivity index (χ0n) is 8.88. The standard InChI is InChI=1S/C9H16F2N2OS.ClH/c10-9(11,5-12)6-13-8(14)7-1-3-15-4-2-7;/h7H,1-6,12H2,(H,13,14);1H. The Morgan fingerprint density at radius 3 is 2.50 bits per heavy atom. The Bertz CT molecular complexity index is 226. The maximum atomic E-state index is 12.7. The van der Waals surface area contributed by atoms with E-state index in [1.807, 2.05) is 0 Å². The average Bonchev–Trinajstić information content (AvgIpc) is 2.27. The molecule has 0 bridgehead atoms. The molecule has 7 heteroatoms. The van der Waals surface area contributed by atoms with E-state index in [1.165, 1.54) is 0 Å². The monoisotopic (exact) mass is 274 g/mol. The van der Waals surface area contributed by atoms with E-state index in [-0.39, 0.29) is 24.2 Å². The maximum absolute atomic E-state index is 12.7. The molecule has 0 aromatic carbocycles. The van der Waals surface area contributed by atoms with Crippen LogP contribution in [0.1, 0.15) is 12.8 Å². The summed E-state index contributed by atoms with van der Waals surface area (Å²) in [4.78, 5) is 11.5. The highest BCUT2D eigenvalue weighted by molar-refractivity contribution is 7.99. The number of hydrogen-bond acceptors (Lipinski definition) is 3. The SMILES string of the molecule is Cl.NCC(F)(F)CNC(=O)C1CCSCC1. The lowest BCUT2D eigenvalue weighted by molar-refractivity contribution is -0.127. The summed E-state index contributed by atoms with van der Waals surface area (Å²) in [6.07, 6.45) is 1.56. The molecular weight excluding hydrogens is 258 g/mol. The van der Waals surface area contributed by atoms with Crippen molar-refractivity contribution < 1.29 is 13.6 Å². The van der Waals surface area contributed by atoms with Crippen LogP contribution in [0.2, 0.25) is 0 Å². The minimum absolute atomic E-state index is 0. The van der Waals surface area contributed by atoms with Crippen LogP contribution >= 0.6 is 24.2 Å². The van der Waals surface area contributed by atoms with Crippen LogP contribution in [0, 0.1) is 5.92 Å². The molecule has 1 rings (SSSR count). The Morgan fingerprint density at radius 2 is 2.00 bits per heavy atom. The molecule has 0 unspecified atom stereocenters. The van der Waals surface area contributed by atoms with Crippen LogP contribution in [-0.4, -0.2) is 36.4 Å². The van der Waals surface area contributed by atoms with E-state index < -0.39 is 19.0 Å². The van der Waals surface area contributed by atoms with Crippen LogP contribution < -0.4 is 11.1 Å². The maximum Gasteiger partial charge on any atom is 0.277 e. The number of nitrogens with two attached hydrogens (primary N) is 1. The fraction of sp³-hybridized carbons (Fsp3) is 0.889. The Labute approximate surface area is 104 Å². The molecule has 1 aliphatic rings. The molecule has 0 spiro atoms. The summed E-state index contributed by atoms with van der Waals surface area (Å²) >= 11 is 1.80. The van der Waals surface area contributed by atoms with Crippen molar-refractivity contribution in [3.05, 3.63) is 0 Å². The Hall–Kier alpha value is -0.0700. The van der Waals surface area contributed by atoms with Crippen molar-refractivity contribution >= 4 is 30.1 Å². The van der Waals surface area contributed by atoms with Crippen LogP contribution in [-0.2, 0) is 4.79 Å². The third-order valence-electron chi connectivity index (χ3n) is 2.41. The molecule has 3 nitrogen and oxygen atoms in total. The topological polar surface area (TPSA) is 55.1 Å². The van der Waals surface area contributed by atoms with Gasteiger partial charge in [0.2, 0.25) is 5.91 Å². The van der Waals surface area contributed by atoms with Crippen molar-refractivity contribution in [2.45, 2.75) is 18.8 Å². The minimum Gasteiger partial charge on any atom is -0.350 e. The number of carbonyl (C=O) groups is 1. The van der Waals surface area contributed by atoms with Gasteiger partial charge >= 0.3 is 0 Å². The Balaban J connectivity index is 0.00000225. The van der Waals surface area contributed by atoms with E-state index in [0.717, 1.165) is 24.3 Å². The lowest BCUT2D eigenvalue weighted by Crippen LogP contribution is -2.44. The largest absolute Gasteiger partial charge is 0.350 e. The number of carbonyl (C=O) groups excluding carboxylic acids is 1. The van der Waals surface area contributed by atoms with E-state index in [4.69, 9.17) is 5.73 Å². The molecule has 3 N–H and O–H groups in total. The van der Waals surface area contributed by atoms with Crippen LogP contribution in [0.4, 0.5) is 8.78 Å². The van der Waals surface area contributed by atoms with Crippen LogP contribution in [0.5, 0.6) is 0 Å². The predicted molar refractivity (Wildman–Crippen MR) is 64.3 cm³/mol. The number of amides is 1. The smallest absolute Gasteiger partial charge is 0.277 e. The van der Waals surface area contributed by atoms with Gasteiger partial charge in [0.1, 0.15) is 0 Å². The molecule has 0 saturated carbocycles. The Kier molecular flexibility index (Phi) is 7.26. The fourth-order valence-electron chi connectivity index (χ4n) is 1.39. The number of hydrogen-bond donors (Lipinski definition) is 2. The highest BCUT2D eigenvalue weighted by atomic mass is 35.5. The molecule has 0 aromatic rings. The first-order valence-electron chi connectivity index (χ1n) is 4.98. The summed E-state index contributed by atoms with van der Waals surface area (Å²) in [7, 11) is 0. The second kappa shape index (κ2) is 7.29. The molecule has 0 radical (unpaired) electrons. The van der Waals surface area contributed by atoms with E-state index in [1.54, 1.807) is 11.8 Å². The van der Waals surface area contributed by atoms with E-state index in [9.17, 15) is 13.6 Å². The number of nitrogens with one attached hydrogen (secondary N) is 1. The molecule has 1 saturated heterocycles. The van der Waals surface area contributed by atoms with Gasteiger partial charge in [0.15, 0.2) is 0 Å². The molecule has 0 aliphatic carbocycles. The van der Waals surface area contributed by atoms with E-state index in [0.29, 0.717) is 0 Å². The number of alkyl halides is 2. The molecule has 16 heavy (non-hydrogen) atoms. The second-order valence-corrected chi connectivity index (χ2v) is 4.89. The van der Waals surface area contributed by atoms with Gasteiger partial charge in [-0.2, -0.15) is 11.8 Å². The molecule has 1 fully saturated rings. The minimum atomic E-state index is -2.99. The van der Waals surface area contributed by atoms with Gasteiger partial charge in [0.25, 0.3) is 5.92 Å². The third-order valence-corrected chi connectivity index (χ3v) is 3.46. The summed E-state index contributed by atoms with van der Waals surface area (Å²) in [5.74, 6) is -1.47. The van der Waals surface area contributed by atoms with Crippen molar-refractivity contribution in [3.8, 4) is 0 Å². The zero-order chi connectivity index (χ0) is 11.3. The number of halogens is 3. The highest BCUT2D eigenvalue weighted by Gasteiger charge is 2.29. The summed E-state index contributed by atoms with van der Waals surface area (Å²) in [6.45, 7) is -1.38. The van der Waals surface area contributed by atoms with Gasteiger partial charge in [-0.3, -0.25) is 4.79 Å². The first kappa shape index (κ1) is 15.9. The van der Waals surface area contributed by atoms with Gasteiger partial charge in [-0.15, -0.1) is 12.4 Å². The number of rotatable bonds is 4. The summed E-state index contributed by atoms with van der Waals surface area (Å²) in [5, 5.41) is 2.27. The van der Waals surface area contributed by atoms with Crippen molar-refractivity contribution in [2.75, 3.05) is 24.6 Å². The number of thioether (sulfide) groups is 1. The lowest BCUT2D eigenvalue weighted by Gasteiger charge is -2.22. The van der Waals surface area contributed by atoms with E-state index in [2.05, 4.69) is 5.32 Å². The lowest BCUT2D eigenvalue weighted by atomic mass is 10.0. The van der Waals surface area contributed by atoms with Crippen molar-refractivity contribution in [3.63, 3.8) is 0 Å². The van der Waals surface area contributed by atoms with Crippen LogP contribution in [0.3, 0.4) is 0 Å². The molecular formula is C9H17ClF2N2OS. The second-order valence-electron chi connectivity index (χ2n) is 3.66. The molecule has 1 amide bonds. The van der Waals surface area contributed by atoms with Crippen molar-refractivity contribution in [1.29, 1.82) is 0 Å². The first-order chi connectivity index (χ1) is 7.05. The molecule has 0 atom stereocenters. The summed E-state index contributed by atoms with van der Waals surface area (Å²) in [6, 6.07) is 0. The van der Waals surface area contributed by atoms with Gasteiger partial charge in [0, 0.05) is 5.92 Å². The van der Waals surface area contributed by atoms with Gasteiger partial charge in [-0.1, -0.05) is 0 Å². The van der Waals surface area contributed by atoms with Gasteiger partial charge < -0.3 is 11.1 Å². The molecule has 1 aliphatic heterocycles. The summed E-state index contributed by atoms with van der Waals surface area (Å²) in [5.41, 5.74) is 4.87. The summed E-state index contributed by atoms with van der Waals surface area (Å²) < 4.78 is 25.5. The van der Waals surface area contributed by atoms with Gasteiger partial charge in [-0.25, -0.2) is 8.78 Å². The van der Waals surface area contributed by atoms with Gasteiger partial charge in [-0.05, 0) is 24.3 Å².